The molecule has 0 heterocycles. The first-order valence-electron chi connectivity index (χ1n) is 7.04. The molecule has 0 aliphatic carbocycles. The molecule has 6 heteroatoms. The van der Waals surface area contributed by atoms with Crippen LogP contribution >= 0.6 is 23.4 Å². The van der Waals surface area contributed by atoms with Gasteiger partial charge in [-0.25, -0.2) is 0 Å². The summed E-state index contributed by atoms with van der Waals surface area (Å²) in [5, 5.41) is 3.24. The van der Waals surface area contributed by atoms with Gasteiger partial charge in [-0.1, -0.05) is 11.6 Å². The van der Waals surface area contributed by atoms with Crippen molar-refractivity contribution in [1.29, 1.82) is 0 Å². The third kappa shape index (κ3) is 4.33. The summed E-state index contributed by atoms with van der Waals surface area (Å²) in [6, 6.07) is 10.6. The maximum Gasteiger partial charge on any atom is 0.257 e. The molecule has 4 nitrogen and oxygen atoms in total. The Labute approximate surface area is 145 Å². The van der Waals surface area contributed by atoms with Crippen molar-refractivity contribution >= 4 is 35.0 Å². The highest BCUT2D eigenvalue weighted by Crippen LogP contribution is 2.31. The first-order valence-corrected chi connectivity index (χ1v) is 8.65. The van der Waals surface area contributed by atoms with Crippen LogP contribution in [-0.4, -0.2) is 25.9 Å². The van der Waals surface area contributed by atoms with Crippen LogP contribution in [0, 0.1) is 0 Å². The van der Waals surface area contributed by atoms with Gasteiger partial charge in [0, 0.05) is 16.6 Å². The summed E-state index contributed by atoms with van der Waals surface area (Å²) in [4.78, 5) is 13.4. The van der Waals surface area contributed by atoms with Crippen LogP contribution in [0.4, 0.5) is 5.69 Å². The van der Waals surface area contributed by atoms with Crippen LogP contribution in [0.15, 0.2) is 41.3 Å². The van der Waals surface area contributed by atoms with Gasteiger partial charge in [0.15, 0.2) is 11.5 Å². The summed E-state index contributed by atoms with van der Waals surface area (Å²) in [5.74, 6) is 0.932. The molecule has 2 aromatic carbocycles. The molecule has 0 spiro atoms. The fourth-order valence-electron chi connectivity index (χ4n) is 2.02. The molecule has 0 radical (unpaired) electrons. The van der Waals surface area contributed by atoms with E-state index in [1.54, 1.807) is 49.2 Å². The third-order valence-corrected chi connectivity index (χ3v) is 4.19. The van der Waals surface area contributed by atoms with Crippen molar-refractivity contribution in [2.45, 2.75) is 11.8 Å². The van der Waals surface area contributed by atoms with E-state index in [9.17, 15) is 4.79 Å². The zero-order valence-electron chi connectivity index (χ0n) is 13.2. The minimum atomic E-state index is -0.267. The van der Waals surface area contributed by atoms with E-state index in [0.29, 0.717) is 34.4 Å². The molecule has 2 rings (SSSR count). The van der Waals surface area contributed by atoms with Gasteiger partial charge in [0.2, 0.25) is 0 Å². The Balaban J connectivity index is 2.23. The van der Waals surface area contributed by atoms with Crippen molar-refractivity contribution < 1.29 is 14.3 Å². The van der Waals surface area contributed by atoms with Crippen molar-refractivity contribution in [3.05, 3.63) is 47.0 Å². The van der Waals surface area contributed by atoms with Crippen LogP contribution in [0.1, 0.15) is 17.3 Å². The molecule has 0 bridgehead atoms. The number of hydrogen-bond donors (Lipinski definition) is 1. The average Bonchev–Trinajstić information content (AvgIpc) is 2.56. The summed E-state index contributed by atoms with van der Waals surface area (Å²) in [6.45, 7) is 2.44. The van der Waals surface area contributed by atoms with Crippen molar-refractivity contribution in [2.24, 2.45) is 0 Å². The van der Waals surface area contributed by atoms with E-state index in [1.807, 2.05) is 19.2 Å². The second-order valence-electron chi connectivity index (χ2n) is 4.60. The Bertz CT molecular complexity index is 706. The average molecular weight is 352 g/mol. The maximum absolute atomic E-state index is 12.4. The molecular weight excluding hydrogens is 334 g/mol. The molecule has 1 N–H and O–H groups in total. The van der Waals surface area contributed by atoms with Crippen LogP contribution < -0.4 is 14.8 Å². The second-order valence-corrected chi connectivity index (χ2v) is 5.89. The Morgan fingerprint density at radius 3 is 2.65 bits per heavy atom. The lowest BCUT2D eigenvalue weighted by molar-refractivity contribution is 0.102. The van der Waals surface area contributed by atoms with Gasteiger partial charge in [0.1, 0.15) is 0 Å². The maximum atomic E-state index is 12.4. The minimum absolute atomic E-state index is 0.267. The van der Waals surface area contributed by atoms with E-state index in [0.717, 1.165) is 4.90 Å². The molecular formula is C17H18ClNO3S. The van der Waals surface area contributed by atoms with E-state index in [4.69, 9.17) is 21.1 Å². The van der Waals surface area contributed by atoms with E-state index in [2.05, 4.69) is 5.32 Å². The number of carbonyl (C=O) groups is 1. The molecule has 0 unspecified atom stereocenters. The van der Waals surface area contributed by atoms with Gasteiger partial charge in [-0.2, -0.15) is 0 Å². The molecule has 0 aliphatic rings. The molecule has 0 saturated carbocycles. The van der Waals surface area contributed by atoms with Gasteiger partial charge < -0.3 is 14.8 Å². The lowest BCUT2D eigenvalue weighted by Gasteiger charge is -2.12. The highest BCUT2D eigenvalue weighted by Gasteiger charge is 2.13. The minimum Gasteiger partial charge on any atom is -0.493 e. The fourth-order valence-corrected chi connectivity index (χ4v) is 2.67. The lowest BCUT2D eigenvalue weighted by Crippen LogP contribution is -2.12. The molecule has 23 heavy (non-hydrogen) atoms. The van der Waals surface area contributed by atoms with Gasteiger partial charge in [-0.15, -0.1) is 11.8 Å². The molecule has 2 aromatic rings. The number of ether oxygens (including phenoxy) is 2. The van der Waals surface area contributed by atoms with Crippen molar-refractivity contribution in [3.63, 3.8) is 0 Å². The number of anilines is 1. The number of thioether (sulfide) groups is 1. The van der Waals surface area contributed by atoms with Crippen LogP contribution in [0.5, 0.6) is 11.5 Å². The van der Waals surface area contributed by atoms with E-state index in [1.165, 1.54) is 0 Å². The summed E-state index contributed by atoms with van der Waals surface area (Å²) >= 11 is 7.68. The van der Waals surface area contributed by atoms with Crippen molar-refractivity contribution in [3.8, 4) is 11.5 Å². The molecule has 0 aromatic heterocycles. The van der Waals surface area contributed by atoms with Crippen molar-refractivity contribution in [2.75, 3.05) is 25.3 Å². The number of methoxy groups -OCH3 is 1. The monoisotopic (exact) mass is 351 g/mol. The summed E-state index contributed by atoms with van der Waals surface area (Å²) in [5.41, 5.74) is 1.05. The SMILES string of the molecule is CCOc1ccc(NC(=O)c2cc(SC)ccc2Cl)cc1OC. The highest BCUT2D eigenvalue weighted by molar-refractivity contribution is 7.98. The van der Waals surface area contributed by atoms with Crippen LogP contribution in [0.2, 0.25) is 5.02 Å². The van der Waals surface area contributed by atoms with Crippen molar-refractivity contribution in [1.82, 2.24) is 0 Å². The van der Waals surface area contributed by atoms with Gasteiger partial charge in [-0.05, 0) is 43.5 Å². The van der Waals surface area contributed by atoms with Gasteiger partial charge in [0.05, 0.1) is 24.3 Å². The van der Waals surface area contributed by atoms with Crippen LogP contribution in [-0.2, 0) is 0 Å². The standard InChI is InChI=1S/C17H18ClNO3S/c1-4-22-15-8-5-11(9-16(15)21-2)19-17(20)13-10-12(23-3)6-7-14(13)18/h5-10H,4H2,1-3H3,(H,19,20). The zero-order chi connectivity index (χ0) is 16.8. The number of amides is 1. The molecule has 0 atom stereocenters. The van der Waals surface area contributed by atoms with Crippen LogP contribution in [0.3, 0.4) is 0 Å². The number of benzene rings is 2. The predicted octanol–water partition coefficient (Wildman–Crippen LogP) is 4.72. The first-order chi connectivity index (χ1) is 11.1. The third-order valence-electron chi connectivity index (χ3n) is 3.14. The summed E-state index contributed by atoms with van der Waals surface area (Å²) in [7, 11) is 1.56. The van der Waals surface area contributed by atoms with E-state index >= 15 is 0 Å². The fraction of sp³-hybridized carbons (Fsp3) is 0.235. The van der Waals surface area contributed by atoms with E-state index < -0.39 is 0 Å². The molecule has 122 valence electrons. The predicted molar refractivity (Wildman–Crippen MR) is 95.3 cm³/mol. The normalized spacial score (nSPS) is 10.3. The first kappa shape index (κ1) is 17.5. The number of carbonyl (C=O) groups excluding carboxylic acids is 1. The van der Waals surface area contributed by atoms with Gasteiger partial charge in [0.25, 0.3) is 5.91 Å². The Morgan fingerprint density at radius 2 is 2.00 bits per heavy atom. The lowest BCUT2D eigenvalue weighted by atomic mass is 10.2. The quantitative estimate of drug-likeness (QED) is 0.765. The van der Waals surface area contributed by atoms with Gasteiger partial charge in [-0.3, -0.25) is 4.79 Å². The summed E-state index contributed by atoms with van der Waals surface area (Å²) < 4.78 is 10.7. The zero-order valence-corrected chi connectivity index (χ0v) is 14.8. The topological polar surface area (TPSA) is 47.6 Å². The molecule has 0 fully saturated rings. The number of hydrogen-bond acceptors (Lipinski definition) is 4. The number of halogens is 1. The Hall–Kier alpha value is -1.85. The van der Waals surface area contributed by atoms with Gasteiger partial charge >= 0.3 is 0 Å². The Kier molecular flexibility index (Phi) is 6.19. The van der Waals surface area contributed by atoms with E-state index in [-0.39, 0.29) is 5.91 Å². The largest absolute Gasteiger partial charge is 0.493 e. The van der Waals surface area contributed by atoms with Crippen LogP contribution in [0.25, 0.3) is 0 Å². The second kappa shape index (κ2) is 8.13. The smallest absolute Gasteiger partial charge is 0.257 e. The highest BCUT2D eigenvalue weighted by atomic mass is 35.5. The number of nitrogens with one attached hydrogen (secondary N) is 1. The molecule has 1 amide bonds. The molecule has 0 aliphatic heterocycles. The molecule has 0 saturated heterocycles. The Morgan fingerprint density at radius 1 is 1.22 bits per heavy atom. The summed E-state index contributed by atoms with van der Waals surface area (Å²) in [6.07, 6.45) is 1.95. The number of rotatable bonds is 6.